The molecule has 26 heavy (non-hydrogen) atoms. The highest BCUT2D eigenvalue weighted by atomic mass is 16.3. The van der Waals surface area contributed by atoms with Crippen LogP contribution in [0.3, 0.4) is 0 Å². The van der Waals surface area contributed by atoms with E-state index < -0.39 is 0 Å². The van der Waals surface area contributed by atoms with Crippen LogP contribution in [0.2, 0.25) is 0 Å². The summed E-state index contributed by atoms with van der Waals surface area (Å²) in [6.45, 7) is 4.03. The molecular weight excluding hydrogens is 330 g/mol. The topological polar surface area (TPSA) is 78.6 Å². The molecule has 6 nitrogen and oxygen atoms in total. The highest BCUT2D eigenvalue weighted by Gasteiger charge is 2.40. The molecule has 2 N–H and O–H groups in total. The maximum atomic E-state index is 12.7. The standard InChI is InChI=1S/C20H25N3O3/c1-14-4-2-5-15(10-14)20(7-3-8-20)22-19(25)17-13-26-18(21-17)12-23-9-6-16(24)11-23/h2,4-5,10,13,16,24H,3,6-9,11-12H2,1H3,(H,22,25)/t16-/m0/s1. The van der Waals surface area contributed by atoms with Crippen molar-refractivity contribution in [1.29, 1.82) is 0 Å². The predicted molar refractivity (Wildman–Crippen MR) is 96.6 cm³/mol. The van der Waals surface area contributed by atoms with Crippen LogP contribution < -0.4 is 5.32 Å². The van der Waals surface area contributed by atoms with Crippen LogP contribution in [0, 0.1) is 6.92 Å². The van der Waals surface area contributed by atoms with E-state index in [-0.39, 0.29) is 17.6 Å². The summed E-state index contributed by atoms with van der Waals surface area (Å²) < 4.78 is 5.48. The normalized spacial score (nSPS) is 22.2. The number of likely N-dealkylation sites (tertiary alicyclic amines) is 1. The van der Waals surface area contributed by atoms with Crippen molar-refractivity contribution >= 4 is 5.91 Å². The minimum Gasteiger partial charge on any atom is -0.447 e. The summed E-state index contributed by atoms with van der Waals surface area (Å²) in [6, 6.07) is 8.33. The highest BCUT2D eigenvalue weighted by Crippen LogP contribution is 2.41. The Kier molecular flexibility index (Phi) is 4.54. The van der Waals surface area contributed by atoms with E-state index in [1.807, 2.05) is 6.07 Å². The minimum atomic E-state index is -0.290. The Balaban J connectivity index is 1.44. The minimum absolute atomic E-state index is 0.192. The highest BCUT2D eigenvalue weighted by molar-refractivity contribution is 5.92. The van der Waals surface area contributed by atoms with Crippen LogP contribution in [-0.4, -0.2) is 40.1 Å². The summed E-state index contributed by atoms with van der Waals surface area (Å²) in [4.78, 5) is 19.2. The van der Waals surface area contributed by atoms with Gasteiger partial charge in [0.15, 0.2) is 5.69 Å². The maximum absolute atomic E-state index is 12.7. The monoisotopic (exact) mass is 355 g/mol. The van der Waals surface area contributed by atoms with Crippen LogP contribution in [-0.2, 0) is 12.1 Å². The van der Waals surface area contributed by atoms with Crippen molar-refractivity contribution in [3.8, 4) is 0 Å². The summed E-state index contributed by atoms with van der Waals surface area (Å²) >= 11 is 0. The van der Waals surface area contributed by atoms with Crippen molar-refractivity contribution < 1.29 is 14.3 Å². The van der Waals surface area contributed by atoms with Gasteiger partial charge in [0, 0.05) is 13.1 Å². The molecule has 6 heteroatoms. The first-order valence-electron chi connectivity index (χ1n) is 9.29. The molecule has 1 amide bonds. The number of hydrogen-bond donors (Lipinski definition) is 2. The number of nitrogens with zero attached hydrogens (tertiary/aromatic N) is 2. The van der Waals surface area contributed by atoms with E-state index in [0.29, 0.717) is 24.7 Å². The van der Waals surface area contributed by atoms with Crippen molar-refractivity contribution in [3.05, 3.63) is 53.2 Å². The number of rotatable bonds is 5. The van der Waals surface area contributed by atoms with Crippen molar-refractivity contribution in [2.24, 2.45) is 0 Å². The van der Waals surface area contributed by atoms with Crippen molar-refractivity contribution in [2.45, 2.75) is 50.8 Å². The molecule has 1 saturated heterocycles. The lowest BCUT2D eigenvalue weighted by Gasteiger charge is -2.43. The second kappa shape index (κ2) is 6.85. The third kappa shape index (κ3) is 3.39. The van der Waals surface area contributed by atoms with Crippen molar-refractivity contribution in [3.63, 3.8) is 0 Å². The predicted octanol–water partition coefficient (Wildman–Crippen LogP) is 2.36. The lowest BCUT2D eigenvalue weighted by molar-refractivity contribution is 0.0818. The van der Waals surface area contributed by atoms with Gasteiger partial charge in [-0.2, -0.15) is 0 Å². The van der Waals surface area contributed by atoms with Crippen LogP contribution in [0.15, 0.2) is 34.9 Å². The van der Waals surface area contributed by atoms with Gasteiger partial charge in [-0.15, -0.1) is 0 Å². The lowest BCUT2D eigenvalue weighted by Crippen LogP contribution is -2.50. The number of amides is 1. The van der Waals surface area contributed by atoms with E-state index in [1.54, 1.807) is 0 Å². The first-order chi connectivity index (χ1) is 12.5. The number of aliphatic hydroxyl groups excluding tert-OH is 1. The molecule has 0 spiro atoms. The van der Waals surface area contributed by atoms with Gasteiger partial charge in [-0.05, 0) is 38.2 Å². The zero-order valence-electron chi connectivity index (χ0n) is 15.1. The molecule has 2 fully saturated rings. The number of oxazole rings is 1. The van der Waals surface area contributed by atoms with Crippen LogP contribution in [0.4, 0.5) is 0 Å². The molecule has 1 aromatic carbocycles. The molecule has 1 aliphatic heterocycles. The molecule has 1 saturated carbocycles. The fourth-order valence-electron chi connectivity index (χ4n) is 3.88. The Morgan fingerprint density at radius 1 is 1.46 bits per heavy atom. The SMILES string of the molecule is Cc1cccc(C2(NC(=O)c3coc(CN4CC[C@H](O)C4)n3)CCC2)c1. The Morgan fingerprint density at radius 3 is 2.96 bits per heavy atom. The molecule has 4 rings (SSSR count). The number of aliphatic hydroxyl groups is 1. The Morgan fingerprint density at radius 2 is 2.31 bits per heavy atom. The lowest BCUT2D eigenvalue weighted by atomic mass is 9.71. The molecular formula is C20H25N3O3. The van der Waals surface area contributed by atoms with E-state index in [2.05, 4.69) is 40.3 Å². The fraction of sp³-hybridized carbons (Fsp3) is 0.500. The molecule has 138 valence electrons. The van der Waals surface area contributed by atoms with Gasteiger partial charge in [0.1, 0.15) is 6.26 Å². The van der Waals surface area contributed by atoms with Gasteiger partial charge in [-0.25, -0.2) is 4.98 Å². The molecule has 2 aliphatic rings. The van der Waals surface area contributed by atoms with Gasteiger partial charge in [0.2, 0.25) is 5.89 Å². The van der Waals surface area contributed by atoms with Crippen LogP contribution in [0.1, 0.15) is 53.2 Å². The summed E-state index contributed by atoms with van der Waals surface area (Å²) in [5.74, 6) is 0.324. The fourth-order valence-corrected chi connectivity index (χ4v) is 3.88. The second-order valence-corrected chi connectivity index (χ2v) is 7.56. The van der Waals surface area contributed by atoms with Gasteiger partial charge in [-0.3, -0.25) is 9.69 Å². The van der Waals surface area contributed by atoms with Gasteiger partial charge in [-0.1, -0.05) is 29.8 Å². The van der Waals surface area contributed by atoms with E-state index in [4.69, 9.17) is 4.42 Å². The van der Waals surface area contributed by atoms with Crippen molar-refractivity contribution in [1.82, 2.24) is 15.2 Å². The Hall–Kier alpha value is -2.18. The average Bonchev–Trinajstić information content (AvgIpc) is 3.20. The summed E-state index contributed by atoms with van der Waals surface area (Å²) in [5, 5.41) is 12.8. The van der Waals surface area contributed by atoms with E-state index in [0.717, 1.165) is 37.8 Å². The molecule has 1 aliphatic carbocycles. The molecule has 1 atom stereocenters. The smallest absolute Gasteiger partial charge is 0.273 e. The summed E-state index contributed by atoms with van der Waals surface area (Å²) in [6.07, 6.45) is 4.92. The number of hydrogen-bond acceptors (Lipinski definition) is 5. The van der Waals surface area contributed by atoms with E-state index in [1.165, 1.54) is 11.8 Å². The number of aromatic nitrogens is 1. The molecule has 0 radical (unpaired) electrons. The first kappa shape index (κ1) is 17.2. The zero-order valence-corrected chi connectivity index (χ0v) is 15.1. The van der Waals surface area contributed by atoms with Crippen LogP contribution in [0.25, 0.3) is 0 Å². The van der Waals surface area contributed by atoms with Crippen LogP contribution >= 0.6 is 0 Å². The van der Waals surface area contributed by atoms with Gasteiger partial charge in [0.05, 0.1) is 18.2 Å². The van der Waals surface area contributed by atoms with Gasteiger partial charge in [0.25, 0.3) is 5.91 Å². The first-order valence-corrected chi connectivity index (χ1v) is 9.29. The largest absolute Gasteiger partial charge is 0.447 e. The number of nitrogens with one attached hydrogen (secondary N) is 1. The number of benzene rings is 1. The zero-order chi connectivity index (χ0) is 18.1. The molecule has 2 aromatic rings. The molecule has 0 unspecified atom stereocenters. The van der Waals surface area contributed by atoms with E-state index in [9.17, 15) is 9.90 Å². The maximum Gasteiger partial charge on any atom is 0.273 e. The van der Waals surface area contributed by atoms with Gasteiger partial charge < -0.3 is 14.8 Å². The molecule has 2 heterocycles. The molecule has 1 aromatic heterocycles. The second-order valence-electron chi connectivity index (χ2n) is 7.56. The summed E-state index contributed by atoms with van der Waals surface area (Å²) in [7, 11) is 0. The molecule has 0 bridgehead atoms. The quantitative estimate of drug-likeness (QED) is 0.861. The Labute approximate surface area is 153 Å². The van der Waals surface area contributed by atoms with Crippen molar-refractivity contribution in [2.75, 3.05) is 13.1 Å². The average molecular weight is 355 g/mol. The third-order valence-corrected chi connectivity index (χ3v) is 5.52. The van der Waals surface area contributed by atoms with Gasteiger partial charge >= 0.3 is 0 Å². The van der Waals surface area contributed by atoms with Crippen LogP contribution in [0.5, 0.6) is 0 Å². The number of β-amino-alcohol motifs (C(OH)–C–C–N with tert-alkyl or cyclic N) is 1. The summed E-state index contributed by atoms with van der Waals surface area (Å²) in [5.41, 5.74) is 2.38. The number of carbonyl (C=O) groups excluding carboxylic acids is 1. The Bertz CT molecular complexity index is 797. The third-order valence-electron chi connectivity index (χ3n) is 5.52. The number of carbonyl (C=O) groups is 1. The number of aryl methyl sites for hydroxylation is 1. The van der Waals surface area contributed by atoms with E-state index >= 15 is 0 Å².